The van der Waals surface area contributed by atoms with Gasteiger partial charge in [0.1, 0.15) is 0 Å². The molecule has 0 aromatic rings. The molecule has 0 aliphatic heterocycles. The average Bonchev–Trinajstić information content (AvgIpc) is 2.13. The largest absolute Gasteiger partial charge is 0.393 e. The number of hydrogen-bond acceptors (Lipinski definition) is 4. The lowest BCUT2D eigenvalue weighted by atomic mass is 10.1. The molecule has 0 fully saturated rings. The van der Waals surface area contributed by atoms with Crippen molar-refractivity contribution < 1.29 is 9.90 Å². The van der Waals surface area contributed by atoms with Gasteiger partial charge in [0.2, 0.25) is 5.91 Å². The summed E-state index contributed by atoms with van der Waals surface area (Å²) in [5.74, 6) is 4.73. The van der Waals surface area contributed by atoms with Gasteiger partial charge in [0, 0.05) is 19.0 Å². The number of aliphatic hydroxyl groups is 1. The van der Waals surface area contributed by atoms with E-state index in [-0.39, 0.29) is 17.9 Å². The van der Waals surface area contributed by atoms with E-state index < -0.39 is 0 Å². The van der Waals surface area contributed by atoms with Crippen LogP contribution in [0.25, 0.3) is 0 Å². The van der Waals surface area contributed by atoms with E-state index in [0.717, 1.165) is 6.54 Å². The van der Waals surface area contributed by atoms with E-state index >= 15 is 0 Å². The number of nitrogens with one attached hydrogen (secondary N) is 1. The molecule has 0 radical (unpaired) electrons. The predicted octanol–water partition coefficient (Wildman–Crippen LogP) is -0.685. The van der Waals surface area contributed by atoms with Gasteiger partial charge in [0.25, 0.3) is 0 Å². The van der Waals surface area contributed by atoms with Crippen LogP contribution in [-0.2, 0) is 4.79 Å². The number of hydrogen-bond donors (Lipinski definition) is 3. The van der Waals surface area contributed by atoms with E-state index in [1.54, 1.807) is 6.92 Å². The Morgan fingerprint density at radius 3 is 2.57 bits per heavy atom. The van der Waals surface area contributed by atoms with Crippen LogP contribution in [-0.4, -0.2) is 42.2 Å². The summed E-state index contributed by atoms with van der Waals surface area (Å²) in [4.78, 5) is 13.1. The zero-order valence-corrected chi connectivity index (χ0v) is 9.16. The van der Waals surface area contributed by atoms with Gasteiger partial charge in [-0.05, 0) is 20.4 Å². The monoisotopic (exact) mass is 203 g/mol. The number of carbonyl (C=O) groups excluding carboxylic acids is 1. The minimum absolute atomic E-state index is 0.126. The van der Waals surface area contributed by atoms with Crippen molar-refractivity contribution in [3.8, 4) is 0 Å². The number of nitrogens with two attached hydrogens (primary N) is 1. The molecule has 0 heterocycles. The second-order valence-corrected chi connectivity index (χ2v) is 3.81. The topological polar surface area (TPSA) is 78.6 Å². The third-order valence-electron chi connectivity index (χ3n) is 2.10. The Morgan fingerprint density at radius 1 is 1.57 bits per heavy atom. The molecule has 0 rings (SSSR count). The minimum Gasteiger partial charge on any atom is -0.393 e. The molecule has 2 atom stereocenters. The van der Waals surface area contributed by atoms with Crippen LogP contribution < -0.4 is 11.3 Å². The van der Waals surface area contributed by atoms with Crippen molar-refractivity contribution in [2.75, 3.05) is 20.1 Å². The molecule has 5 nitrogen and oxygen atoms in total. The van der Waals surface area contributed by atoms with Crippen molar-refractivity contribution in [1.82, 2.24) is 10.3 Å². The maximum atomic E-state index is 11.1. The third-order valence-corrected chi connectivity index (χ3v) is 2.10. The highest BCUT2D eigenvalue weighted by Gasteiger charge is 2.13. The molecule has 14 heavy (non-hydrogen) atoms. The predicted molar refractivity (Wildman–Crippen MR) is 55.3 cm³/mol. The van der Waals surface area contributed by atoms with E-state index in [2.05, 4.69) is 5.43 Å². The molecule has 0 aromatic carbocycles. The quantitative estimate of drug-likeness (QED) is 0.303. The molecule has 0 aliphatic rings. The summed E-state index contributed by atoms with van der Waals surface area (Å²) >= 11 is 0. The fourth-order valence-corrected chi connectivity index (χ4v) is 1.19. The second-order valence-electron chi connectivity index (χ2n) is 3.81. The van der Waals surface area contributed by atoms with Crippen molar-refractivity contribution in [2.24, 2.45) is 11.8 Å². The number of hydrazine groups is 1. The van der Waals surface area contributed by atoms with E-state index in [4.69, 9.17) is 10.9 Å². The molecule has 0 bridgehead atoms. The van der Waals surface area contributed by atoms with Crippen LogP contribution in [0.2, 0.25) is 0 Å². The standard InChI is InChI=1S/C9H21N3O2/c1-7(9(14)11-10)6-12(3)5-4-8(2)13/h7-8,13H,4-6,10H2,1-3H3,(H,11,14). The average molecular weight is 203 g/mol. The van der Waals surface area contributed by atoms with Crippen LogP contribution in [0.5, 0.6) is 0 Å². The van der Waals surface area contributed by atoms with Crippen LogP contribution >= 0.6 is 0 Å². The maximum absolute atomic E-state index is 11.1. The Kier molecular flexibility index (Phi) is 6.44. The van der Waals surface area contributed by atoms with E-state index in [0.29, 0.717) is 13.0 Å². The minimum atomic E-state index is -0.295. The van der Waals surface area contributed by atoms with E-state index in [9.17, 15) is 4.79 Å². The van der Waals surface area contributed by atoms with Crippen LogP contribution in [0.1, 0.15) is 20.3 Å². The van der Waals surface area contributed by atoms with Crippen LogP contribution in [0.4, 0.5) is 0 Å². The van der Waals surface area contributed by atoms with Crippen molar-refractivity contribution >= 4 is 5.91 Å². The molecule has 1 amide bonds. The molecule has 2 unspecified atom stereocenters. The lowest BCUT2D eigenvalue weighted by Crippen LogP contribution is -2.40. The Morgan fingerprint density at radius 2 is 2.14 bits per heavy atom. The Bertz CT molecular complexity index is 173. The molecular formula is C9H21N3O2. The van der Waals surface area contributed by atoms with Gasteiger partial charge in [0.05, 0.1) is 6.10 Å². The summed E-state index contributed by atoms with van der Waals surface area (Å²) in [5.41, 5.74) is 2.12. The Labute approximate surface area is 85.2 Å². The number of amides is 1. The van der Waals surface area contributed by atoms with Crippen molar-refractivity contribution in [3.05, 3.63) is 0 Å². The number of carbonyl (C=O) groups is 1. The second kappa shape index (κ2) is 6.75. The lowest BCUT2D eigenvalue weighted by molar-refractivity contribution is -0.125. The number of nitrogens with zero attached hydrogens (tertiary/aromatic N) is 1. The molecule has 0 saturated heterocycles. The van der Waals surface area contributed by atoms with Gasteiger partial charge in [-0.3, -0.25) is 10.2 Å². The van der Waals surface area contributed by atoms with Gasteiger partial charge in [-0.1, -0.05) is 6.92 Å². The zero-order valence-electron chi connectivity index (χ0n) is 9.16. The highest BCUT2D eigenvalue weighted by atomic mass is 16.3. The van der Waals surface area contributed by atoms with Crippen molar-refractivity contribution in [3.63, 3.8) is 0 Å². The molecule has 0 spiro atoms. The summed E-state index contributed by atoms with van der Waals surface area (Å²) in [6.07, 6.45) is 0.420. The van der Waals surface area contributed by atoms with Gasteiger partial charge < -0.3 is 10.0 Å². The Hall–Kier alpha value is -0.650. The molecule has 84 valence electrons. The molecule has 0 aliphatic carbocycles. The van der Waals surface area contributed by atoms with Crippen LogP contribution in [0, 0.1) is 5.92 Å². The third kappa shape index (κ3) is 5.90. The Balaban J connectivity index is 3.70. The van der Waals surface area contributed by atoms with Crippen molar-refractivity contribution in [2.45, 2.75) is 26.4 Å². The van der Waals surface area contributed by atoms with E-state index in [1.165, 1.54) is 0 Å². The number of rotatable bonds is 6. The van der Waals surface area contributed by atoms with E-state index in [1.807, 2.05) is 18.9 Å². The van der Waals surface area contributed by atoms with Crippen LogP contribution in [0.15, 0.2) is 0 Å². The molecule has 0 saturated carbocycles. The van der Waals surface area contributed by atoms with Gasteiger partial charge in [0.15, 0.2) is 0 Å². The SMILES string of the molecule is CC(O)CCN(C)CC(C)C(=O)NN. The molecule has 4 N–H and O–H groups in total. The smallest absolute Gasteiger partial charge is 0.237 e. The highest BCUT2D eigenvalue weighted by molar-refractivity contribution is 5.77. The zero-order chi connectivity index (χ0) is 11.1. The number of aliphatic hydroxyl groups excluding tert-OH is 1. The first kappa shape index (κ1) is 13.4. The first-order chi connectivity index (χ1) is 6.47. The van der Waals surface area contributed by atoms with Gasteiger partial charge in [-0.15, -0.1) is 0 Å². The fourth-order valence-electron chi connectivity index (χ4n) is 1.19. The summed E-state index contributed by atoms with van der Waals surface area (Å²) in [7, 11) is 1.92. The summed E-state index contributed by atoms with van der Waals surface area (Å²) in [5, 5.41) is 9.06. The summed E-state index contributed by atoms with van der Waals surface area (Å²) in [6.45, 7) is 5.00. The normalized spacial score (nSPS) is 15.3. The summed E-state index contributed by atoms with van der Waals surface area (Å²) < 4.78 is 0. The van der Waals surface area contributed by atoms with Gasteiger partial charge >= 0.3 is 0 Å². The van der Waals surface area contributed by atoms with Crippen molar-refractivity contribution in [1.29, 1.82) is 0 Å². The molecule has 0 aromatic heterocycles. The maximum Gasteiger partial charge on any atom is 0.237 e. The lowest BCUT2D eigenvalue weighted by Gasteiger charge is -2.20. The fraction of sp³-hybridized carbons (Fsp3) is 0.889. The first-order valence-corrected chi connectivity index (χ1v) is 4.84. The van der Waals surface area contributed by atoms with Gasteiger partial charge in [-0.25, -0.2) is 5.84 Å². The van der Waals surface area contributed by atoms with Gasteiger partial charge in [-0.2, -0.15) is 0 Å². The first-order valence-electron chi connectivity index (χ1n) is 4.84. The van der Waals surface area contributed by atoms with Crippen LogP contribution in [0.3, 0.4) is 0 Å². The highest BCUT2D eigenvalue weighted by Crippen LogP contribution is 2.00. The molecular weight excluding hydrogens is 182 g/mol. The summed E-state index contributed by atoms with van der Waals surface area (Å²) in [6, 6.07) is 0. The molecule has 5 heteroatoms.